The highest BCUT2D eigenvalue weighted by atomic mass is 16.5. The lowest BCUT2D eigenvalue weighted by Gasteiger charge is -2.18. The molecule has 2 rings (SSSR count). The van der Waals surface area contributed by atoms with Crippen LogP contribution >= 0.6 is 0 Å². The highest BCUT2D eigenvalue weighted by Gasteiger charge is 2.16. The van der Waals surface area contributed by atoms with E-state index in [4.69, 9.17) is 18.9 Å². The van der Waals surface area contributed by atoms with Crippen molar-refractivity contribution in [2.24, 2.45) is 0 Å². The van der Waals surface area contributed by atoms with Gasteiger partial charge in [0.1, 0.15) is 17.2 Å². The van der Waals surface area contributed by atoms with Gasteiger partial charge in [0.2, 0.25) is 0 Å². The summed E-state index contributed by atoms with van der Waals surface area (Å²) >= 11 is 0. The molecule has 0 aliphatic rings. The first-order valence-electron chi connectivity index (χ1n) is 8.89. The predicted molar refractivity (Wildman–Crippen MR) is 104 cm³/mol. The van der Waals surface area contributed by atoms with Gasteiger partial charge in [0.15, 0.2) is 6.61 Å². The molecular formula is C21H25NO6. The number of rotatable bonds is 9. The molecule has 1 unspecified atom stereocenters. The van der Waals surface area contributed by atoms with E-state index in [-0.39, 0.29) is 18.6 Å². The lowest BCUT2D eigenvalue weighted by atomic mass is 10.1. The van der Waals surface area contributed by atoms with Crippen LogP contribution in [-0.4, -0.2) is 39.3 Å². The molecule has 28 heavy (non-hydrogen) atoms. The Balaban J connectivity index is 1.93. The fraction of sp³-hybridized carbons (Fsp3) is 0.333. The van der Waals surface area contributed by atoms with Gasteiger partial charge in [0.05, 0.1) is 32.4 Å². The summed E-state index contributed by atoms with van der Waals surface area (Å²) < 4.78 is 21.0. The number of hydrogen-bond acceptors (Lipinski definition) is 6. The molecule has 0 spiro atoms. The van der Waals surface area contributed by atoms with Gasteiger partial charge in [-0.3, -0.25) is 4.79 Å². The van der Waals surface area contributed by atoms with Gasteiger partial charge in [0.25, 0.3) is 5.91 Å². The molecule has 0 bridgehead atoms. The first-order valence-corrected chi connectivity index (χ1v) is 8.89. The van der Waals surface area contributed by atoms with Gasteiger partial charge in [-0.05, 0) is 56.3 Å². The van der Waals surface area contributed by atoms with Gasteiger partial charge in [-0.1, -0.05) is 0 Å². The number of carbonyl (C=O) groups excluding carboxylic acids is 2. The van der Waals surface area contributed by atoms with Gasteiger partial charge < -0.3 is 24.3 Å². The number of esters is 1. The number of methoxy groups -OCH3 is 2. The standard InChI is InChI=1S/C21H25NO6/c1-5-27-21(24)15-6-8-16(9-7-15)28-13-20(23)22-14(2)18-12-17(25-3)10-11-19(18)26-4/h6-12,14H,5,13H2,1-4H3,(H,22,23). The first kappa shape index (κ1) is 21.1. The summed E-state index contributed by atoms with van der Waals surface area (Å²) in [7, 11) is 3.15. The number of hydrogen-bond donors (Lipinski definition) is 1. The Morgan fingerprint density at radius 1 is 1.00 bits per heavy atom. The molecule has 0 aliphatic carbocycles. The van der Waals surface area contributed by atoms with E-state index >= 15 is 0 Å². The van der Waals surface area contributed by atoms with Crippen molar-refractivity contribution in [1.82, 2.24) is 5.32 Å². The van der Waals surface area contributed by atoms with Crippen LogP contribution in [0.15, 0.2) is 42.5 Å². The van der Waals surface area contributed by atoms with Crippen LogP contribution in [0.4, 0.5) is 0 Å². The third-order valence-electron chi connectivity index (χ3n) is 4.02. The number of nitrogens with one attached hydrogen (secondary N) is 1. The summed E-state index contributed by atoms with van der Waals surface area (Å²) in [5.41, 5.74) is 1.23. The fourth-order valence-corrected chi connectivity index (χ4v) is 2.59. The van der Waals surface area contributed by atoms with E-state index in [1.165, 1.54) is 0 Å². The average Bonchev–Trinajstić information content (AvgIpc) is 2.72. The Morgan fingerprint density at radius 3 is 2.29 bits per heavy atom. The van der Waals surface area contributed by atoms with Crippen LogP contribution in [0, 0.1) is 0 Å². The topological polar surface area (TPSA) is 83.1 Å². The number of amides is 1. The number of ether oxygens (including phenoxy) is 4. The van der Waals surface area contributed by atoms with Gasteiger partial charge in [0, 0.05) is 5.56 Å². The van der Waals surface area contributed by atoms with Gasteiger partial charge in [-0.2, -0.15) is 0 Å². The minimum atomic E-state index is -0.396. The van der Waals surface area contributed by atoms with Crippen LogP contribution in [0.2, 0.25) is 0 Å². The molecule has 0 fully saturated rings. The van der Waals surface area contributed by atoms with Crippen LogP contribution in [0.5, 0.6) is 17.2 Å². The molecule has 0 aromatic heterocycles. The zero-order chi connectivity index (χ0) is 20.5. The van der Waals surface area contributed by atoms with E-state index in [2.05, 4.69) is 5.32 Å². The molecule has 0 radical (unpaired) electrons. The molecule has 7 heteroatoms. The molecule has 1 atom stereocenters. The van der Waals surface area contributed by atoms with Crippen LogP contribution in [0.3, 0.4) is 0 Å². The number of benzene rings is 2. The first-order chi connectivity index (χ1) is 13.5. The minimum absolute atomic E-state index is 0.157. The summed E-state index contributed by atoms with van der Waals surface area (Å²) in [6, 6.07) is 11.5. The van der Waals surface area contributed by atoms with Crippen molar-refractivity contribution in [3.05, 3.63) is 53.6 Å². The quantitative estimate of drug-likeness (QED) is 0.666. The van der Waals surface area contributed by atoms with Crippen LogP contribution in [-0.2, 0) is 9.53 Å². The summed E-state index contributed by atoms with van der Waals surface area (Å²) in [5, 5.41) is 2.87. The highest BCUT2D eigenvalue weighted by molar-refractivity contribution is 5.89. The highest BCUT2D eigenvalue weighted by Crippen LogP contribution is 2.29. The molecule has 1 amide bonds. The van der Waals surface area contributed by atoms with E-state index in [0.29, 0.717) is 29.4 Å². The Morgan fingerprint density at radius 2 is 1.68 bits per heavy atom. The van der Waals surface area contributed by atoms with Gasteiger partial charge in [-0.25, -0.2) is 4.79 Å². The lowest BCUT2D eigenvalue weighted by Crippen LogP contribution is -2.31. The fourth-order valence-electron chi connectivity index (χ4n) is 2.59. The molecule has 0 saturated carbocycles. The van der Waals surface area contributed by atoms with Crippen LogP contribution in [0.1, 0.15) is 35.8 Å². The summed E-state index contributed by atoms with van der Waals surface area (Å²) in [6.45, 7) is 3.75. The largest absolute Gasteiger partial charge is 0.497 e. The molecule has 0 heterocycles. The normalized spacial score (nSPS) is 11.3. The Labute approximate surface area is 164 Å². The Bertz CT molecular complexity index is 803. The minimum Gasteiger partial charge on any atom is -0.497 e. The molecule has 150 valence electrons. The molecule has 2 aromatic rings. The summed E-state index contributed by atoms with van der Waals surface area (Å²) in [6.07, 6.45) is 0. The van der Waals surface area contributed by atoms with E-state index < -0.39 is 5.97 Å². The Hall–Kier alpha value is -3.22. The van der Waals surface area contributed by atoms with E-state index in [1.807, 2.05) is 13.0 Å². The molecule has 7 nitrogen and oxygen atoms in total. The average molecular weight is 387 g/mol. The van der Waals surface area contributed by atoms with Crippen molar-refractivity contribution < 1.29 is 28.5 Å². The lowest BCUT2D eigenvalue weighted by molar-refractivity contribution is -0.123. The van der Waals surface area contributed by atoms with Gasteiger partial charge >= 0.3 is 5.97 Å². The molecule has 1 N–H and O–H groups in total. The summed E-state index contributed by atoms with van der Waals surface area (Å²) in [4.78, 5) is 23.9. The summed E-state index contributed by atoms with van der Waals surface area (Å²) in [5.74, 6) is 1.13. The molecule has 0 aliphatic heterocycles. The molecule has 2 aromatic carbocycles. The van der Waals surface area contributed by atoms with E-state index in [9.17, 15) is 9.59 Å². The maximum atomic E-state index is 12.2. The number of carbonyl (C=O) groups is 2. The van der Waals surface area contributed by atoms with Crippen LogP contribution < -0.4 is 19.5 Å². The molecular weight excluding hydrogens is 362 g/mol. The third kappa shape index (κ3) is 5.64. The van der Waals surface area contributed by atoms with Crippen molar-refractivity contribution in [3.8, 4) is 17.2 Å². The van der Waals surface area contributed by atoms with Crippen molar-refractivity contribution in [2.75, 3.05) is 27.4 Å². The van der Waals surface area contributed by atoms with Crippen molar-refractivity contribution in [1.29, 1.82) is 0 Å². The van der Waals surface area contributed by atoms with Gasteiger partial charge in [-0.15, -0.1) is 0 Å². The van der Waals surface area contributed by atoms with Crippen molar-refractivity contribution in [3.63, 3.8) is 0 Å². The third-order valence-corrected chi connectivity index (χ3v) is 4.02. The van der Waals surface area contributed by atoms with Crippen molar-refractivity contribution in [2.45, 2.75) is 19.9 Å². The van der Waals surface area contributed by atoms with E-state index in [0.717, 1.165) is 5.56 Å². The van der Waals surface area contributed by atoms with Crippen molar-refractivity contribution >= 4 is 11.9 Å². The molecule has 0 saturated heterocycles. The second kappa shape index (κ2) is 10.2. The van der Waals surface area contributed by atoms with Crippen LogP contribution in [0.25, 0.3) is 0 Å². The monoisotopic (exact) mass is 387 g/mol. The second-order valence-electron chi connectivity index (χ2n) is 5.93. The smallest absolute Gasteiger partial charge is 0.338 e. The predicted octanol–water partition coefficient (Wildman–Crippen LogP) is 3.14. The maximum absolute atomic E-state index is 12.2. The van der Waals surface area contributed by atoms with E-state index in [1.54, 1.807) is 57.5 Å². The maximum Gasteiger partial charge on any atom is 0.338 e. The second-order valence-corrected chi connectivity index (χ2v) is 5.93. The zero-order valence-corrected chi connectivity index (χ0v) is 16.5. The zero-order valence-electron chi connectivity index (χ0n) is 16.5. The Kier molecular flexibility index (Phi) is 7.68. The SMILES string of the molecule is CCOC(=O)c1ccc(OCC(=O)NC(C)c2cc(OC)ccc2OC)cc1.